The molecule has 1 N–H and O–H groups in total. The van der Waals surface area contributed by atoms with Gasteiger partial charge in [0.05, 0.1) is 7.11 Å². The van der Waals surface area contributed by atoms with Crippen molar-refractivity contribution in [3.05, 3.63) is 0 Å². The molecule has 1 atom stereocenters. The zero-order valence-corrected chi connectivity index (χ0v) is 13.5. The second-order valence-corrected chi connectivity index (χ2v) is 5.30. The maximum absolute atomic E-state index is 5.20. The molecule has 0 aromatic carbocycles. The average Bonchev–Trinajstić information content (AvgIpc) is 2.52. The zero-order chi connectivity index (χ0) is 15.2. The van der Waals surface area contributed by atoms with Crippen LogP contribution in [-0.4, -0.2) is 65.7 Å². The normalized spacial score (nSPS) is 19.6. The number of nitrogens with one attached hydrogen (secondary N) is 1. The lowest BCUT2D eigenvalue weighted by Gasteiger charge is -2.39. The minimum Gasteiger partial charge on any atom is -0.467 e. The average molecular weight is 294 g/mol. The standard InChI is InChI=1S/C14H26N6O/c1-5-7-15-12-16-13(18-14(17-12)21-4)20-9-8-19(6-2)11(3)10-20/h11H,5-10H2,1-4H3,(H,15,16,17,18). The van der Waals surface area contributed by atoms with Gasteiger partial charge in [-0.25, -0.2) is 0 Å². The summed E-state index contributed by atoms with van der Waals surface area (Å²) in [6, 6.07) is 0.864. The van der Waals surface area contributed by atoms with E-state index in [0.29, 0.717) is 23.9 Å². The maximum Gasteiger partial charge on any atom is 0.322 e. The van der Waals surface area contributed by atoms with Crippen LogP contribution in [0.5, 0.6) is 6.01 Å². The zero-order valence-electron chi connectivity index (χ0n) is 13.5. The summed E-state index contributed by atoms with van der Waals surface area (Å²) in [5.41, 5.74) is 0. The molecule has 2 rings (SSSR count). The number of nitrogens with zero attached hydrogens (tertiary/aromatic N) is 5. The van der Waals surface area contributed by atoms with Gasteiger partial charge in [0.2, 0.25) is 11.9 Å². The quantitative estimate of drug-likeness (QED) is 0.846. The lowest BCUT2D eigenvalue weighted by atomic mass is 10.2. The molecule has 1 saturated heterocycles. The van der Waals surface area contributed by atoms with E-state index in [4.69, 9.17) is 4.74 Å². The van der Waals surface area contributed by atoms with Crippen LogP contribution in [0.3, 0.4) is 0 Å². The van der Waals surface area contributed by atoms with Gasteiger partial charge in [-0.3, -0.25) is 4.90 Å². The van der Waals surface area contributed by atoms with Crippen molar-refractivity contribution in [1.82, 2.24) is 19.9 Å². The first-order chi connectivity index (χ1) is 10.2. The fourth-order valence-corrected chi connectivity index (χ4v) is 2.54. The fraction of sp³-hybridized carbons (Fsp3) is 0.786. The Morgan fingerprint density at radius 1 is 1.24 bits per heavy atom. The Balaban J connectivity index is 2.14. The van der Waals surface area contributed by atoms with Crippen molar-refractivity contribution in [3.63, 3.8) is 0 Å². The van der Waals surface area contributed by atoms with Crippen LogP contribution in [0.2, 0.25) is 0 Å². The molecule has 1 aromatic rings. The summed E-state index contributed by atoms with van der Waals surface area (Å²) < 4.78 is 5.20. The number of methoxy groups -OCH3 is 1. The molecule has 0 spiro atoms. The molecule has 21 heavy (non-hydrogen) atoms. The lowest BCUT2D eigenvalue weighted by Crippen LogP contribution is -2.52. The van der Waals surface area contributed by atoms with Gasteiger partial charge in [0.1, 0.15) is 0 Å². The van der Waals surface area contributed by atoms with Gasteiger partial charge in [-0.2, -0.15) is 15.0 Å². The Morgan fingerprint density at radius 3 is 2.67 bits per heavy atom. The molecule has 0 amide bonds. The van der Waals surface area contributed by atoms with Crippen LogP contribution in [0.25, 0.3) is 0 Å². The number of piperazine rings is 1. The highest BCUT2D eigenvalue weighted by molar-refractivity contribution is 5.39. The molecular formula is C14H26N6O. The largest absolute Gasteiger partial charge is 0.467 e. The lowest BCUT2D eigenvalue weighted by molar-refractivity contribution is 0.198. The van der Waals surface area contributed by atoms with E-state index in [9.17, 15) is 0 Å². The first-order valence-electron chi connectivity index (χ1n) is 7.70. The number of aromatic nitrogens is 3. The van der Waals surface area contributed by atoms with Gasteiger partial charge in [0.15, 0.2) is 0 Å². The molecule has 7 nitrogen and oxygen atoms in total. The minimum absolute atomic E-state index is 0.365. The topological polar surface area (TPSA) is 66.4 Å². The molecule has 0 saturated carbocycles. The molecule has 0 aliphatic carbocycles. The van der Waals surface area contributed by atoms with E-state index in [1.807, 2.05) is 0 Å². The predicted molar refractivity (Wildman–Crippen MR) is 84.1 cm³/mol. The van der Waals surface area contributed by atoms with Crippen molar-refractivity contribution >= 4 is 11.9 Å². The van der Waals surface area contributed by atoms with Gasteiger partial charge in [0.25, 0.3) is 0 Å². The van der Waals surface area contributed by atoms with Gasteiger partial charge in [0, 0.05) is 32.2 Å². The Bertz CT molecular complexity index is 455. The number of likely N-dealkylation sites (N-methyl/N-ethyl adjacent to an activating group) is 1. The summed E-state index contributed by atoms with van der Waals surface area (Å²) in [7, 11) is 1.58. The van der Waals surface area contributed by atoms with Crippen LogP contribution in [-0.2, 0) is 0 Å². The van der Waals surface area contributed by atoms with Gasteiger partial charge < -0.3 is 15.0 Å². The van der Waals surface area contributed by atoms with Crippen LogP contribution in [0.1, 0.15) is 27.2 Å². The first-order valence-corrected chi connectivity index (χ1v) is 7.70. The molecule has 1 aliphatic rings. The number of hydrogen-bond acceptors (Lipinski definition) is 7. The summed E-state index contributed by atoms with van der Waals surface area (Å²) in [4.78, 5) is 17.8. The second kappa shape index (κ2) is 7.40. The molecule has 7 heteroatoms. The molecule has 1 aromatic heterocycles. The molecular weight excluding hydrogens is 268 g/mol. The van der Waals surface area contributed by atoms with Gasteiger partial charge in [-0.1, -0.05) is 13.8 Å². The van der Waals surface area contributed by atoms with Crippen LogP contribution in [0.4, 0.5) is 11.9 Å². The third-order valence-corrected chi connectivity index (χ3v) is 3.77. The molecule has 118 valence electrons. The Morgan fingerprint density at radius 2 is 2.05 bits per heavy atom. The summed E-state index contributed by atoms with van der Waals surface area (Å²) in [5, 5.41) is 3.20. The Hall–Kier alpha value is -1.63. The van der Waals surface area contributed by atoms with Gasteiger partial charge in [-0.15, -0.1) is 0 Å². The smallest absolute Gasteiger partial charge is 0.322 e. The molecule has 1 unspecified atom stereocenters. The number of rotatable bonds is 6. The van der Waals surface area contributed by atoms with E-state index >= 15 is 0 Å². The Kier molecular flexibility index (Phi) is 5.55. The van der Waals surface area contributed by atoms with Crippen molar-refractivity contribution in [1.29, 1.82) is 0 Å². The highest BCUT2D eigenvalue weighted by Gasteiger charge is 2.24. The molecule has 0 bridgehead atoms. The summed E-state index contributed by atoms with van der Waals surface area (Å²) in [6.07, 6.45) is 1.02. The van der Waals surface area contributed by atoms with Gasteiger partial charge in [-0.05, 0) is 19.9 Å². The third kappa shape index (κ3) is 3.93. The molecule has 2 heterocycles. The number of anilines is 2. The number of ether oxygens (including phenoxy) is 1. The van der Waals surface area contributed by atoms with E-state index in [2.05, 4.69) is 50.8 Å². The van der Waals surface area contributed by atoms with Crippen molar-refractivity contribution in [2.75, 3.05) is 50.1 Å². The predicted octanol–water partition coefficient (Wildman–Crippen LogP) is 1.23. The minimum atomic E-state index is 0.365. The van der Waals surface area contributed by atoms with E-state index < -0.39 is 0 Å². The van der Waals surface area contributed by atoms with Gasteiger partial charge >= 0.3 is 6.01 Å². The van der Waals surface area contributed by atoms with Crippen LogP contribution < -0.4 is 15.0 Å². The Labute approximate surface area is 126 Å². The number of hydrogen-bond donors (Lipinski definition) is 1. The highest BCUT2D eigenvalue weighted by Crippen LogP contribution is 2.18. The van der Waals surface area contributed by atoms with Crippen molar-refractivity contribution in [3.8, 4) is 6.01 Å². The summed E-state index contributed by atoms with van der Waals surface area (Å²) >= 11 is 0. The van der Waals surface area contributed by atoms with E-state index in [1.165, 1.54) is 0 Å². The molecule has 1 fully saturated rings. The monoisotopic (exact) mass is 294 g/mol. The summed E-state index contributed by atoms with van der Waals surface area (Å²) in [6.45, 7) is 11.4. The van der Waals surface area contributed by atoms with Crippen molar-refractivity contribution in [2.45, 2.75) is 33.2 Å². The second-order valence-electron chi connectivity index (χ2n) is 5.30. The first kappa shape index (κ1) is 15.8. The SMILES string of the molecule is CCCNc1nc(OC)nc(N2CCN(CC)C(C)C2)n1. The molecule has 0 radical (unpaired) electrons. The van der Waals surface area contributed by atoms with E-state index in [0.717, 1.165) is 39.1 Å². The highest BCUT2D eigenvalue weighted by atomic mass is 16.5. The third-order valence-electron chi connectivity index (χ3n) is 3.77. The van der Waals surface area contributed by atoms with Crippen LogP contribution >= 0.6 is 0 Å². The summed E-state index contributed by atoms with van der Waals surface area (Å²) in [5.74, 6) is 1.28. The van der Waals surface area contributed by atoms with Crippen LogP contribution in [0, 0.1) is 0 Å². The maximum atomic E-state index is 5.20. The van der Waals surface area contributed by atoms with E-state index in [-0.39, 0.29) is 0 Å². The van der Waals surface area contributed by atoms with Crippen molar-refractivity contribution < 1.29 is 4.74 Å². The van der Waals surface area contributed by atoms with Crippen LogP contribution in [0.15, 0.2) is 0 Å². The fourth-order valence-electron chi connectivity index (χ4n) is 2.54. The molecule has 1 aliphatic heterocycles. The van der Waals surface area contributed by atoms with E-state index in [1.54, 1.807) is 7.11 Å². The van der Waals surface area contributed by atoms with Crippen molar-refractivity contribution in [2.24, 2.45) is 0 Å².